The summed E-state index contributed by atoms with van der Waals surface area (Å²) in [6, 6.07) is 0. The zero-order chi connectivity index (χ0) is 7.28. The van der Waals surface area contributed by atoms with Crippen molar-refractivity contribution in [1.29, 1.82) is 0 Å². The highest BCUT2D eigenvalue weighted by Gasteiger charge is 2.14. The Morgan fingerprint density at radius 3 is 2.44 bits per heavy atom. The SMILES string of the molecule is C=CCCC(O)C(F)F. The van der Waals surface area contributed by atoms with Crippen LogP contribution in [0.4, 0.5) is 8.78 Å². The Labute approximate surface area is 53.0 Å². The molecule has 1 atom stereocenters. The second-order valence-electron chi connectivity index (χ2n) is 1.77. The molecule has 0 rings (SSSR count). The predicted octanol–water partition coefficient (Wildman–Crippen LogP) is 1.58. The Hall–Kier alpha value is -0.440. The highest BCUT2D eigenvalue weighted by Crippen LogP contribution is 2.06. The monoisotopic (exact) mass is 136 g/mol. The molecule has 54 valence electrons. The molecule has 0 saturated heterocycles. The van der Waals surface area contributed by atoms with Crippen molar-refractivity contribution in [2.24, 2.45) is 0 Å². The van der Waals surface area contributed by atoms with Crippen molar-refractivity contribution in [3.63, 3.8) is 0 Å². The fourth-order valence-corrected chi connectivity index (χ4v) is 0.415. The Bertz CT molecular complexity index is 83.1. The second kappa shape index (κ2) is 4.44. The van der Waals surface area contributed by atoms with Crippen LogP contribution in [-0.4, -0.2) is 17.6 Å². The Balaban J connectivity index is 3.26. The van der Waals surface area contributed by atoms with Gasteiger partial charge in [0.15, 0.2) is 0 Å². The number of alkyl halides is 2. The normalized spacial score (nSPS) is 13.8. The quantitative estimate of drug-likeness (QED) is 0.582. The first-order valence-electron chi connectivity index (χ1n) is 2.75. The van der Waals surface area contributed by atoms with Crippen molar-refractivity contribution in [3.8, 4) is 0 Å². The van der Waals surface area contributed by atoms with Crippen LogP contribution < -0.4 is 0 Å². The molecule has 0 aromatic rings. The molecule has 0 amide bonds. The number of hydrogen-bond acceptors (Lipinski definition) is 1. The maximum atomic E-state index is 11.5. The lowest BCUT2D eigenvalue weighted by Crippen LogP contribution is -2.16. The van der Waals surface area contributed by atoms with E-state index in [-0.39, 0.29) is 6.42 Å². The average Bonchev–Trinajstić information content (AvgIpc) is 1.82. The van der Waals surface area contributed by atoms with Crippen LogP contribution in [0.3, 0.4) is 0 Å². The summed E-state index contributed by atoms with van der Waals surface area (Å²) in [5.41, 5.74) is 0. The molecule has 1 N–H and O–H groups in total. The highest BCUT2D eigenvalue weighted by atomic mass is 19.3. The first-order valence-corrected chi connectivity index (χ1v) is 2.75. The topological polar surface area (TPSA) is 20.2 Å². The number of aliphatic hydroxyl groups excluding tert-OH is 1. The van der Waals surface area contributed by atoms with Gasteiger partial charge >= 0.3 is 0 Å². The van der Waals surface area contributed by atoms with Crippen molar-refractivity contribution in [3.05, 3.63) is 12.7 Å². The van der Waals surface area contributed by atoms with E-state index < -0.39 is 12.5 Å². The van der Waals surface area contributed by atoms with E-state index in [2.05, 4.69) is 6.58 Å². The number of allylic oxidation sites excluding steroid dienone is 1. The third-order valence-electron chi connectivity index (χ3n) is 0.957. The van der Waals surface area contributed by atoms with Gasteiger partial charge in [0.1, 0.15) is 6.10 Å². The fraction of sp³-hybridized carbons (Fsp3) is 0.667. The second-order valence-corrected chi connectivity index (χ2v) is 1.77. The summed E-state index contributed by atoms with van der Waals surface area (Å²) in [5.74, 6) is 0. The molecule has 0 aromatic heterocycles. The van der Waals surface area contributed by atoms with Crippen LogP contribution >= 0.6 is 0 Å². The minimum Gasteiger partial charge on any atom is -0.387 e. The smallest absolute Gasteiger partial charge is 0.264 e. The minimum atomic E-state index is -2.62. The van der Waals surface area contributed by atoms with Crippen LogP contribution in [0.25, 0.3) is 0 Å². The molecule has 0 radical (unpaired) electrons. The molecule has 0 fully saturated rings. The molecule has 0 aliphatic rings. The van der Waals surface area contributed by atoms with E-state index in [0.717, 1.165) is 0 Å². The van der Waals surface area contributed by atoms with Gasteiger partial charge in [0, 0.05) is 0 Å². The van der Waals surface area contributed by atoms with Gasteiger partial charge in [-0.25, -0.2) is 8.78 Å². The molecular formula is C6H10F2O. The van der Waals surface area contributed by atoms with Crippen molar-refractivity contribution < 1.29 is 13.9 Å². The maximum Gasteiger partial charge on any atom is 0.264 e. The van der Waals surface area contributed by atoms with E-state index in [1.165, 1.54) is 6.08 Å². The van der Waals surface area contributed by atoms with Crippen LogP contribution in [0.5, 0.6) is 0 Å². The lowest BCUT2D eigenvalue weighted by Gasteiger charge is -2.05. The summed E-state index contributed by atoms with van der Waals surface area (Å²) in [7, 11) is 0. The Kier molecular flexibility index (Phi) is 4.22. The summed E-state index contributed by atoms with van der Waals surface area (Å²) in [6.07, 6.45) is -2.06. The van der Waals surface area contributed by atoms with E-state index in [9.17, 15) is 8.78 Å². The van der Waals surface area contributed by atoms with Gasteiger partial charge in [0.05, 0.1) is 0 Å². The average molecular weight is 136 g/mol. The van der Waals surface area contributed by atoms with Crippen molar-refractivity contribution in [2.75, 3.05) is 0 Å². The molecule has 0 bridgehead atoms. The van der Waals surface area contributed by atoms with Gasteiger partial charge in [-0.05, 0) is 12.8 Å². The number of hydrogen-bond donors (Lipinski definition) is 1. The highest BCUT2D eigenvalue weighted by molar-refractivity contribution is 4.69. The van der Waals surface area contributed by atoms with Gasteiger partial charge in [-0.2, -0.15) is 0 Å². The van der Waals surface area contributed by atoms with Gasteiger partial charge in [0.25, 0.3) is 6.43 Å². The van der Waals surface area contributed by atoms with Crippen molar-refractivity contribution in [1.82, 2.24) is 0 Å². The summed E-state index contributed by atoms with van der Waals surface area (Å²) in [5, 5.41) is 8.46. The Morgan fingerprint density at radius 2 is 2.11 bits per heavy atom. The molecule has 0 heterocycles. The van der Waals surface area contributed by atoms with E-state index >= 15 is 0 Å². The van der Waals surface area contributed by atoms with Crippen molar-refractivity contribution in [2.45, 2.75) is 25.4 Å². The molecule has 1 unspecified atom stereocenters. The molecule has 1 nitrogen and oxygen atoms in total. The van der Waals surface area contributed by atoms with E-state index in [1.54, 1.807) is 0 Å². The molecule has 0 saturated carbocycles. The molecule has 0 aromatic carbocycles. The van der Waals surface area contributed by atoms with Gasteiger partial charge in [-0.1, -0.05) is 6.08 Å². The molecule has 0 spiro atoms. The predicted molar refractivity (Wildman–Crippen MR) is 31.4 cm³/mol. The maximum absolute atomic E-state index is 11.5. The van der Waals surface area contributed by atoms with Crippen LogP contribution in [-0.2, 0) is 0 Å². The number of rotatable bonds is 4. The first kappa shape index (κ1) is 8.56. The third kappa shape index (κ3) is 4.09. The first-order chi connectivity index (χ1) is 4.18. The Morgan fingerprint density at radius 1 is 1.56 bits per heavy atom. The van der Waals surface area contributed by atoms with E-state index in [4.69, 9.17) is 5.11 Å². The summed E-state index contributed by atoms with van der Waals surface area (Å²) >= 11 is 0. The van der Waals surface area contributed by atoms with E-state index in [0.29, 0.717) is 6.42 Å². The number of halogens is 2. The molecule has 9 heavy (non-hydrogen) atoms. The lowest BCUT2D eigenvalue weighted by atomic mass is 10.2. The van der Waals surface area contributed by atoms with Crippen LogP contribution in [0, 0.1) is 0 Å². The van der Waals surface area contributed by atoms with Crippen LogP contribution in [0.15, 0.2) is 12.7 Å². The lowest BCUT2D eigenvalue weighted by molar-refractivity contribution is -0.00812. The zero-order valence-corrected chi connectivity index (χ0v) is 5.06. The molecule has 0 aliphatic heterocycles. The minimum absolute atomic E-state index is 0.0984. The standard InChI is InChI=1S/C6H10F2O/c1-2-3-4-5(9)6(7)8/h2,5-6,9H,1,3-4H2. The van der Waals surface area contributed by atoms with Crippen LogP contribution in [0.1, 0.15) is 12.8 Å². The van der Waals surface area contributed by atoms with Crippen LogP contribution in [0.2, 0.25) is 0 Å². The van der Waals surface area contributed by atoms with Crippen molar-refractivity contribution >= 4 is 0 Å². The third-order valence-corrected chi connectivity index (χ3v) is 0.957. The van der Waals surface area contributed by atoms with Gasteiger partial charge in [-0.15, -0.1) is 6.58 Å². The number of aliphatic hydroxyl groups is 1. The summed E-state index contributed by atoms with van der Waals surface area (Å²) in [6.45, 7) is 3.34. The van der Waals surface area contributed by atoms with Gasteiger partial charge in [0.2, 0.25) is 0 Å². The molecule has 3 heteroatoms. The van der Waals surface area contributed by atoms with E-state index in [1.807, 2.05) is 0 Å². The molecular weight excluding hydrogens is 126 g/mol. The largest absolute Gasteiger partial charge is 0.387 e. The zero-order valence-electron chi connectivity index (χ0n) is 5.06. The van der Waals surface area contributed by atoms with Gasteiger partial charge < -0.3 is 5.11 Å². The summed E-state index contributed by atoms with van der Waals surface area (Å²) in [4.78, 5) is 0. The van der Waals surface area contributed by atoms with Gasteiger partial charge in [-0.3, -0.25) is 0 Å². The molecule has 0 aliphatic carbocycles. The fourth-order valence-electron chi connectivity index (χ4n) is 0.415. The summed E-state index contributed by atoms with van der Waals surface area (Å²) < 4.78 is 22.9.